The van der Waals surface area contributed by atoms with Crippen molar-refractivity contribution in [3.8, 4) is 40.0 Å². The Morgan fingerprint density at radius 1 is 0.945 bits per heavy atom. The Morgan fingerprint density at radius 3 is 2.44 bits per heavy atom. The maximum atomic E-state index is 12.3. The van der Waals surface area contributed by atoms with Gasteiger partial charge in [-0.2, -0.15) is 4.98 Å². The standard InChI is InChI=1S/C43H46Cl2N4O6/c1-43(2)32-22-49(38(36(32)43)42(51)52)21-25-18-33(44)41(48-40(25)54-4)55-35-16-14-28-27(7-5-8-29(28)35)30-9-6-10-31(37(30)45)34-15-12-24(39(47-34)53-3)20-46-19-23-11-13-26(50)17-23/h5-10,12,15,18,23,32,35-36,38,46H,11,13-14,16-17,19-22H2,1-4H3,(H,51,52)/t23-,32+,35+,36+,38+/m1/s1. The Bertz CT molecular complexity index is 2160. The van der Waals surface area contributed by atoms with Crippen molar-refractivity contribution < 1.29 is 28.9 Å². The fourth-order valence-corrected chi connectivity index (χ4v) is 9.93. The molecule has 3 aliphatic carbocycles. The van der Waals surface area contributed by atoms with Gasteiger partial charge in [-0.25, -0.2) is 4.98 Å². The number of fused-ring (bicyclic) bond motifs is 2. The summed E-state index contributed by atoms with van der Waals surface area (Å²) in [4.78, 5) is 35.5. The van der Waals surface area contributed by atoms with Crippen LogP contribution in [0, 0.1) is 23.2 Å². The fourth-order valence-electron chi connectivity index (χ4n) is 9.38. The predicted molar refractivity (Wildman–Crippen MR) is 211 cm³/mol. The zero-order valence-electron chi connectivity index (χ0n) is 31.5. The van der Waals surface area contributed by atoms with Crippen LogP contribution in [0.2, 0.25) is 10.0 Å². The van der Waals surface area contributed by atoms with E-state index in [9.17, 15) is 14.7 Å². The Morgan fingerprint density at radius 2 is 1.69 bits per heavy atom. The van der Waals surface area contributed by atoms with Crippen molar-refractivity contribution in [2.75, 3.05) is 27.3 Å². The molecule has 5 atom stereocenters. The number of hydrogen-bond acceptors (Lipinski definition) is 9. The summed E-state index contributed by atoms with van der Waals surface area (Å²) in [5.74, 6) is 1.61. The molecule has 1 saturated heterocycles. The molecule has 10 nitrogen and oxygen atoms in total. The molecule has 55 heavy (non-hydrogen) atoms. The van der Waals surface area contributed by atoms with E-state index in [0.717, 1.165) is 64.8 Å². The molecule has 0 spiro atoms. The highest BCUT2D eigenvalue weighted by Gasteiger charge is 2.68. The number of Topliss-reactive ketones (excluding diaryl/α,β-unsaturated/α-hetero) is 1. The van der Waals surface area contributed by atoms with Gasteiger partial charge in [-0.15, -0.1) is 0 Å². The number of nitrogens with zero attached hydrogens (tertiary/aromatic N) is 3. The highest BCUT2D eigenvalue weighted by atomic mass is 35.5. The number of piperidine rings is 1. The minimum Gasteiger partial charge on any atom is -0.481 e. The van der Waals surface area contributed by atoms with E-state index in [-0.39, 0.29) is 23.3 Å². The van der Waals surface area contributed by atoms with Gasteiger partial charge in [-0.3, -0.25) is 14.5 Å². The summed E-state index contributed by atoms with van der Waals surface area (Å²) >= 11 is 14.0. The number of methoxy groups -OCH3 is 2. The molecule has 1 aliphatic heterocycles. The number of carboxylic acid groups (broad SMARTS) is 1. The van der Waals surface area contributed by atoms with Crippen molar-refractivity contribution in [1.29, 1.82) is 0 Å². The van der Waals surface area contributed by atoms with E-state index in [4.69, 9.17) is 47.4 Å². The second kappa shape index (κ2) is 15.0. The van der Waals surface area contributed by atoms with E-state index in [2.05, 4.69) is 31.3 Å². The number of rotatable bonds is 13. The van der Waals surface area contributed by atoms with Crippen LogP contribution in [0.1, 0.15) is 67.9 Å². The Kier molecular flexibility index (Phi) is 10.3. The number of nitrogens with one attached hydrogen (secondary N) is 1. The molecular formula is C43H46Cl2N4O6. The third kappa shape index (κ3) is 7.07. The molecule has 3 heterocycles. The average molecular weight is 786 g/mol. The number of carboxylic acids is 1. The largest absolute Gasteiger partial charge is 0.481 e. The average Bonchev–Trinajstić information content (AvgIpc) is 3.67. The lowest BCUT2D eigenvalue weighted by molar-refractivity contribution is -0.144. The molecule has 4 aromatic rings. The molecule has 2 aromatic carbocycles. The highest BCUT2D eigenvalue weighted by Crippen LogP contribution is 2.65. The summed E-state index contributed by atoms with van der Waals surface area (Å²) in [6.45, 7) is 6.76. The van der Waals surface area contributed by atoms with Crippen molar-refractivity contribution in [2.45, 2.75) is 71.2 Å². The number of ether oxygens (including phenoxy) is 3. The summed E-state index contributed by atoms with van der Waals surface area (Å²) in [5, 5.41) is 14.5. The third-order valence-corrected chi connectivity index (χ3v) is 13.0. The van der Waals surface area contributed by atoms with Gasteiger partial charge in [0.05, 0.1) is 24.9 Å². The number of aromatic nitrogens is 2. The van der Waals surface area contributed by atoms with Crippen molar-refractivity contribution in [1.82, 2.24) is 20.2 Å². The van der Waals surface area contributed by atoms with E-state index < -0.39 is 12.0 Å². The zero-order chi connectivity index (χ0) is 38.6. The lowest BCUT2D eigenvalue weighted by atomic mass is 9.94. The van der Waals surface area contributed by atoms with E-state index in [1.54, 1.807) is 20.3 Å². The lowest BCUT2D eigenvalue weighted by Gasteiger charge is -2.28. The zero-order valence-corrected chi connectivity index (χ0v) is 33.0. The van der Waals surface area contributed by atoms with Crippen molar-refractivity contribution in [3.63, 3.8) is 0 Å². The van der Waals surface area contributed by atoms with Gasteiger partial charge in [0.2, 0.25) is 17.6 Å². The molecule has 12 heteroatoms. The third-order valence-electron chi connectivity index (χ3n) is 12.4. The second-order valence-corrected chi connectivity index (χ2v) is 16.7. The van der Waals surface area contributed by atoms with Crippen LogP contribution in [0.3, 0.4) is 0 Å². The first-order valence-corrected chi connectivity index (χ1v) is 19.8. The summed E-state index contributed by atoms with van der Waals surface area (Å²) in [6, 6.07) is 17.4. The molecule has 288 valence electrons. The maximum absolute atomic E-state index is 12.3. The number of likely N-dealkylation sites (tertiary alicyclic amines) is 1. The van der Waals surface area contributed by atoms with Gasteiger partial charge < -0.3 is 24.6 Å². The number of ketones is 1. The highest BCUT2D eigenvalue weighted by molar-refractivity contribution is 6.36. The smallest absolute Gasteiger partial charge is 0.321 e. The minimum atomic E-state index is -0.798. The van der Waals surface area contributed by atoms with E-state index in [0.29, 0.717) is 77.6 Å². The Labute approximate surface area is 331 Å². The number of carbonyl (C=O) groups excluding carboxylic acids is 1. The van der Waals surface area contributed by atoms with E-state index >= 15 is 0 Å². The predicted octanol–water partition coefficient (Wildman–Crippen LogP) is 8.20. The first-order chi connectivity index (χ1) is 26.5. The molecule has 2 saturated carbocycles. The summed E-state index contributed by atoms with van der Waals surface area (Å²) < 4.78 is 17.9. The number of carbonyl (C=O) groups is 2. The van der Waals surface area contributed by atoms with Crippen LogP contribution < -0.4 is 19.5 Å². The molecule has 0 bridgehead atoms. The van der Waals surface area contributed by atoms with Crippen molar-refractivity contribution >= 4 is 35.0 Å². The van der Waals surface area contributed by atoms with Crippen LogP contribution in [0.4, 0.5) is 0 Å². The number of hydrogen-bond donors (Lipinski definition) is 2. The van der Waals surface area contributed by atoms with Crippen LogP contribution in [0.15, 0.2) is 54.6 Å². The molecule has 3 fully saturated rings. The number of aliphatic carboxylic acids is 1. The summed E-state index contributed by atoms with van der Waals surface area (Å²) in [6.07, 6.45) is 3.49. The first-order valence-electron chi connectivity index (χ1n) is 19.0. The molecule has 8 rings (SSSR count). The van der Waals surface area contributed by atoms with Gasteiger partial charge in [0.15, 0.2) is 0 Å². The molecule has 4 aliphatic rings. The van der Waals surface area contributed by atoms with Gasteiger partial charge in [-0.05, 0) is 77.8 Å². The van der Waals surface area contributed by atoms with Crippen molar-refractivity contribution in [2.24, 2.45) is 23.2 Å². The lowest BCUT2D eigenvalue weighted by Crippen LogP contribution is -2.41. The SMILES string of the molecule is COc1nc(-c2cccc(-c3cccc4c3CC[C@@H]4Oc3nc(OC)c(CN4C[C@H]5[C@@H]([C@H]4C(=O)O)C5(C)C)cc3Cl)c2Cl)ccc1CNC[C@@H]1CCC(=O)C1. The van der Waals surface area contributed by atoms with Crippen LogP contribution in [0.25, 0.3) is 22.4 Å². The molecule has 0 unspecified atom stereocenters. The van der Waals surface area contributed by atoms with Gasteiger partial charge in [0.25, 0.3) is 0 Å². The number of halogens is 2. The van der Waals surface area contributed by atoms with E-state index in [1.165, 1.54) is 0 Å². The fraction of sp³-hybridized carbons (Fsp3) is 0.442. The molecular weight excluding hydrogens is 739 g/mol. The number of benzene rings is 2. The number of pyridine rings is 2. The minimum absolute atomic E-state index is 0.0400. The van der Waals surface area contributed by atoms with Gasteiger partial charge >= 0.3 is 5.97 Å². The van der Waals surface area contributed by atoms with Gasteiger partial charge in [0.1, 0.15) is 23.0 Å². The van der Waals surface area contributed by atoms with Gasteiger partial charge in [0, 0.05) is 54.7 Å². The monoisotopic (exact) mass is 784 g/mol. The summed E-state index contributed by atoms with van der Waals surface area (Å²) in [7, 11) is 3.17. The Hall–Kier alpha value is -4.22. The molecule has 2 N–H and O–H groups in total. The quantitative estimate of drug-likeness (QED) is 0.137. The second-order valence-electron chi connectivity index (χ2n) is 15.9. The topological polar surface area (TPSA) is 123 Å². The molecule has 0 radical (unpaired) electrons. The first kappa shape index (κ1) is 37.7. The Balaban J connectivity index is 0.994. The molecule has 2 aromatic heterocycles. The van der Waals surface area contributed by atoms with Crippen molar-refractivity contribution in [3.05, 3.63) is 86.9 Å². The van der Waals surface area contributed by atoms with Crippen LogP contribution in [0.5, 0.6) is 17.6 Å². The maximum Gasteiger partial charge on any atom is 0.321 e. The van der Waals surface area contributed by atoms with Crippen LogP contribution in [-0.4, -0.2) is 65.1 Å². The van der Waals surface area contributed by atoms with Crippen LogP contribution in [-0.2, 0) is 29.1 Å². The van der Waals surface area contributed by atoms with E-state index in [1.807, 2.05) is 41.3 Å². The van der Waals surface area contributed by atoms with Gasteiger partial charge in [-0.1, -0.05) is 79.5 Å². The van der Waals surface area contributed by atoms with Crippen LogP contribution >= 0.6 is 23.2 Å². The molecule has 0 amide bonds. The summed E-state index contributed by atoms with van der Waals surface area (Å²) in [5.41, 5.74) is 7.35. The normalized spacial score (nSPS) is 23.7.